The minimum atomic E-state index is 0.428. The Balaban J connectivity index is 0.000000583. The summed E-state index contributed by atoms with van der Waals surface area (Å²) >= 11 is 4.74. The zero-order valence-electron chi connectivity index (χ0n) is 8.46. The first-order valence-corrected chi connectivity index (χ1v) is 13.0. The van der Waals surface area contributed by atoms with E-state index in [4.69, 9.17) is 5.73 Å². The van der Waals surface area contributed by atoms with Crippen molar-refractivity contribution in [3.05, 3.63) is 17.7 Å². The summed E-state index contributed by atoms with van der Waals surface area (Å²) in [4.78, 5) is 10.8. The van der Waals surface area contributed by atoms with Crippen LogP contribution in [0.1, 0.15) is 11.4 Å². The van der Waals surface area contributed by atoms with Crippen molar-refractivity contribution in [3.63, 3.8) is 0 Å². The second-order valence-electron chi connectivity index (χ2n) is 2.50. The molecule has 0 saturated heterocycles. The van der Waals surface area contributed by atoms with Gasteiger partial charge >= 0.3 is 49.4 Å². The van der Waals surface area contributed by atoms with E-state index in [1.165, 1.54) is 0 Å². The van der Waals surface area contributed by atoms with Crippen molar-refractivity contribution >= 4 is 45.9 Å². The van der Waals surface area contributed by atoms with Gasteiger partial charge in [-0.15, -0.1) is 0 Å². The van der Waals surface area contributed by atoms with Gasteiger partial charge in [-0.3, -0.25) is 4.99 Å². The van der Waals surface area contributed by atoms with Gasteiger partial charge in [-0.25, -0.2) is 4.98 Å². The Hall–Kier alpha value is 0.524. The number of H-pyrrole nitrogens is 1. The van der Waals surface area contributed by atoms with Crippen LogP contribution in [0, 0.1) is 6.92 Å². The number of nitrogens with two attached hydrogens (primary N) is 1. The maximum absolute atomic E-state index is 5.44. The Kier molecular flexibility index (Phi) is 10.1. The molecule has 4 N–H and O–H groups in total. The van der Waals surface area contributed by atoms with E-state index in [2.05, 4.69) is 60.2 Å². The monoisotopic (exact) mass is 472 g/mol. The quantitative estimate of drug-likeness (QED) is 0.347. The molecule has 15 heavy (non-hydrogen) atoms. The molecule has 0 unspecified atom stereocenters. The summed E-state index contributed by atoms with van der Waals surface area (Å²) < 4.78 is 0. The molecule has 0 spiro atoms. The third-order valence-electron chi connectivity index (χ3n) is 1.61. The van der Waals surface area contributed by atoms with Gasteiger partial charge in [-0.2, -0.15) is 0 Å². The molecule has 85 valence electrons. The predicted molar refractivity (Wildman–Crippen MR) is 75.8 cm³/mol. The summed E-state index contributed by atoms with van der Waals surface area (Å²) in [7, 11) is 2.27. The zero-order chi connectivity index (χ0) is 11.7. The molecule has 0 aliphatic heterocycles. The Bertz CT molecular complexity index is 301. The van der Waals surface area contributed by atoms with Crippen molar-refractivity contribution in [2.75, 3.05) is 7.05 Å². The first kappa shape index (κ1) is 15.5. The molecule has 0 radical (unpaired) electrons. The number of aromatic amines is 1. The second kappa shape index (κ2) is 9.73. The number of imidazole rings is 1. The van der Waals surface area contributed by atoms with E-state index < -0.39 is 0 Å². The van der Waals surface area contributed by atoms with Crippen LogP contribution >= 0.6 is 40.0 Å². The van der Waals surface area contributed by atoms with Crippen LogP contribution in [0.15, 0.2) is 11.3 Å². The summed E-state index contributed by atoms with van der Waals surface area (Å²) in [6.07, 6.45) is 1.66. The Morgan fingerprint density at radius 3 is 2.73 bits per heavy atom. The fourth-order valence-electron chi connectivity index (χ4n) is 0.819. The summed E-state index contributed by atoms with van der Waals surface area (Å²) in [6.45, 7) is 2.57. The van der Waals surface area contributed by atoms with Crippen LogP contribution in [0.5, 0.6) is 0 Å². The summed E-state index contributed by atoms with van der Waals surface area (Å²) in [5.74, 6) is 0.428. The standard InChI is InChI=1S/C7H13N5.2HI.V/c1-5-6(12-4-11-5)3-10-7(8)9-2;;;/h4H,3H2,1-2H3,(H,11,12)(H3,8,9,10);2*1H;/q;;;+2/p-2. The van der Waals surface area contributed by atoms with E-state index in [0.717, 1.165) is 11.4 Å². The Morgan fingerprint density at radius 2 is 2.33 bits per heavy atom. The fraction of sp³-hybridized carbons (Fsp3) is 0.429. The van der Waals surface area contributed by atoms with Crippen LogP contribution < -0.4 is 11.1 Å². The zero-order valence-corrected chi connectivity index (χ0v) is 14.2. The molecule has 0 aliphatic carbocycles. The number of aromatic nitrogens is 2. The van der Waals surface area contributed by atoms with E-state index >= 15 is 0 Å². The molecule has 0 bridgehead atoms. The van der Waals surface area contributed by atoms with Gasteiger partial charge in [-0.1, -0.05) is 0 Å². The normalized spacial score (nSPS) is 10.3. The van der Waals surface area contributed by atoms with Gasteiger partial charge in [0.2, 0.25) is 0 Å². The molecule has 1 heterocycles. The number of aryl methyl sites for hydroxylation is 1. The number of rotatable bonds is 2. The van der Waals surface area contributed by atoms with Crippen molar-refractivity contribution < 1.29 is 9.47 Å². The second-order valence-corrected chi connectivity index (χ2v) is 14.3. The predicted octanol–water partition coefficient (Wildman–Crippen LogP) is 1.52. The van der Waals surface area contributed by atoms with Crippen molar-refractivity contribution in [2.45, 2.75) is 13.5 Å². The molecule has 0 atom stereocenters. The summed E-state index contributed by atoms with van der Waals surface area (Å²) in [5.41, 5.74) is 7.45. The Morgan fingerprint density at radius 1 is 1.73 bits per heavy atom. The molecule has 5 nitrogen and oxygen atoms in total. The third kappa shape index (κ3) is 7.42. The van der Waals surface area contributed by atoms with Crippen LogP contribution in [0.2, 0.25) is 0 Å². The van der Waals surface area contributed by atoms with E-state index in [1.54, 1.807) is 13.4 Å². The third-order valence-corrected chi connectivity index (χ3v) is 1.61. The molecule has 8 heteroatoms. The molecule has 0 saturated carbocycles. The van der Waals surface area contributed by atoms with Gasteiger partial charge in [0, 0.05) is 12.7 Å². The molecule has 0 aliphatic rings. The van der Waals surface area contributed by atoms with Crippen LogP contribution in [0.4, 0.5) is 0 Å². The van der Waals surface area contributed by atoms with Gasteiger partial charge in [0.25, 0.3) is 0 Å². The molecule has 1 aromatic heterocycles. The number of nitrogens with one attached hydrogen (secondary N) is 2. The number of guanidine groups is 1. The van der Waals surface area contributed by atoms with Gasteiger partial charge in [0.05, 0.1) is 18.6 Å². The van der Waals surface area contributed by atoms with Crippen molar-refractivity contribution in [3.8, 4) is 0 Å². The molecule has 0 amide bonds. The van der Waals surface area contributed by atoms with Crippen LogP contribution in [-0.2, 0) is 16.0 Å². The fourth-order valence-corrected chi connectivity index (χ4v) is 0.819. The summed E-state index contributed by atoms with van der Waals surface area (Å²) in [5, 5.41) is 2.92. The Labute approximate surface area is 118 Å². The van der Waals surface area contributed by atoms with Crippen molar-refractivity contribution in [1.29, 1.82) is 0 Å². The number of aliphatic imine (C=N–C) groups is 1. The topological polar surface area (TPSA) is 79.1 Å². The van der Waals surface area contributed by atoms with Crippen molar-refractivity contribution in [2.24, 2.45) is 10.7 Å². The number of hydrogen-bond acceptors (Lipinski definition) is 2. The van der Waals surface area contributed by atoms with Crippen molar-refractivity contribution in [1.82, 2.24) is 15.3 Å². The number of nitrogens with zero attached hydrogens (tertiary/aromatic N) is 2. The number of halogens is 2. The first-order valence-electron chi connectivity index (χ1n) is 4.03. The van der Waals surface area contributed by atoms with Gasteiger partial charge in [0.1, 0.15) is 0 Å². The summed E-state index contributed by atoms with van der Waals surface area (Å²) in [6, 6.07) is 0. The molecule has 0 fully saturated rings. The average molecular weight is 472 g/mol. The average Bonchev–Trinajstić information content (AvgIpc) is 2.62. The first-order chi connectivity index (χ1) is 7.15. The van der Waals surface area contributed by atoms with E-state index in [0.29, 0.717) is 22.0 Å². The SMILES string of the molecule is CN=C(N)NCc1nc[nH]c1C.[I][V][I]. The molecule has 1 rings (SSSR count). The van der Waals surface area contributed by atoms with E-state index in [-0.39, 0.29) is 0 Å². The molecular formula is C7H13I2N5V. The maximum atomic E-state index is 5.44. The van der Waals surface area contributed by atoms with E-state index in [9.17, 15) is 0 Å². The van der Waals surface area contributed by atoms with E-state index in [1.807, 2.05) is 6.92 Å². The number of hydrogen-bond donors (Lipinski definition) is 3. The van der Waals surface area contributed by atoms with Crippen LogP contribution in [-0.4, -0.2) is 23.0 Å². The van der Waals surface area contributed by atoms with Gasteiger partial charge in [0.15, 0.2) is 5.96 Å². The van der Waals surface area contributed by atoms with Gasteiger partial charge < -0.3 is 16.0 Å². The van der Waals surface area contributed by atoms with Gasteiger partial charge in [-0.05, 0) is 6.92 Å². The molecular weight excluding hydrogens is 459 g/mol. The van der Waals surface area contributed by atoms with Crippen LogP contribution in [0.25, 0.3) is 0 Å². The minimum absolute atomic E-state index is 0.428. The molecule has 0 aromatic carbocycles. The van der Waals surface area contributed by atoms with Crippen LogP contribution in [0.3, 0.4) is 0 Å². The molecule has 1 aromatic rings.